The van der Waals surface area contributed by atoms with Gasteiger partial charge in [0.15, 0.2) is 5.96 Å². The molecule has 1 aromatic rings. The summed E-state index contributed by atoms with van der Waals surface area (Å²) < 4.78 is 0. The number of rotatable bonds is 3. The number of halogens is 1. The molecule has 3 nitrogen and oxygen atoms in total. The van der Waals surface area contributed by atoms with Gasteiger partial charge in [0, 0.05) is 31.1 Å². The first-order chi connectivity index (χ1) is 9.97. The van der Waals surface area contributed by atoms with Crippen molar-refractivity contribution in [1.29, 1.82) is 0 Å². The Labute approximate surface area is 156 Å². The summed E-state index contributed by atoms with van der Waals surface area (Å²) in [6.07, 6.45) is 0.952. The smallest absolute Gasteiger partial charge is 0.191 e. The van der Waals surface area contributed by atoms with Crippen LogP contribution in [0.4, 0.5) is 0 Å². The van der Waals surface area contributed by atoms with Gasteiger partial charge < -0.3 is 10.6 Å². The number of nitrogens with zero attached hydrogens (tertiary/aromatic N) is 2. The first-order valence-electron chi connectivity index (χ1n) is 7.69. The molecule has 0 saturated carbocycles. The molecule has 1 fully saturated rings. The zero-order valence-electron chi connectivity index (χ0n) is 13.8. The molecule has 1 aromatic carbocycles. The summed E-state index contributed by atoms with van der Waals surface area (Å²) in [4.78, 5) is 6.72. The van der Waals surface area contributed by atoms with Crippen molar-refractivity contribution in [3.63, 3.8) is 0 Å². The van der Waals surface area contributed by atoms with E-state index in [1.165, 1.54) is 11.1 Å². The fourth-order valence-electron chi connectivity index (χ4n) is 2.36. The standard InChI is InChI=1S/C17H27N3S.HI/c1-17(2,3)15-6-4-14(5-7-15)8-9-19-16(18)20-10-12-21-13-11-20;/h4-7H,8-13H2,1-3H3,(H2,18,19);1H. The molecule has 1 heterocycles. The van der Waals surface area contributed by atoms with Crippen LogP contribution in [0.25, 0.3) is 0 Å². The average molecular weight is 433 g/mol. The lowest BCUT2D eigenvalue weighted by molar-refractivity contribution is 0.456. The van der Waals surface area contributed by atoms with E-state index in [0.29, 0.717) is 5.96 Å². The number of thioether (sulfide) groups is 1. The van der Waals surface area contributed by atoms with E-state index in [1.54, 1.807) is 0 Å². The Balaban J connectivity index is 0.00000242. The van der Waals surface area contributed by atoms with Crippen molar-refractivity contribution in [2.24, 2.45) is 10.7 Å². The maximum absolute atomic E-state index is 6.06. The van der Waals surface area contributed by atoms with E-state index in [0.717, 1.165) is 37.6 Å². The fraction of sp³-hybridized carbons (Fsp3) is 0.588. The summed E-state index contributed by atoms with van der Waals surface area (Å²) >= 11 is 1.99. The molecule has 0 atom stereocenters. The number of nitrogens with two attached hydrogens (primary N) is 1. The van der Waals surface area contributed by atoms with Gasteiger partial charge >= 0.3 is 0 Å². The van der Waals surface area contributed by atoms with Crippen molar-refractivity contribution >= 4 is 41.7 Å². The van der Waals surface area contributed by atoms with Crippen molar-refractivity contribution in [2.45, 2.75) is 32.6 Å². The molecule has 0 aliphatic carbocycles. The highest BCUT2D eigenvalue weighted by Crippen LogP contribution is 2.22. The minimum Gasteiger partial charge on any atom is -0.370 e. The number of aliphatic imine (C=N–C) groups is 1. The largest absolute Gasteiger partial charge is 0.370 e. The lowest BCUT2D eigenvalue weighted by atomic mass is 9.86. The highest BCUT2D eigenvalue weighted by molar-refractivity contribution is 14.0. The Morgan fingerprint density at radius 3 is 2.32 bits per heavy atom. The number of guanidine groups is 1. The summed E-state index contributed by atoms with van der Waals surface area (Å²) in [7, 11) is 0. The number of hydrogen-bond donors (Lipinski definition) is 1. The Morgan fingerprint density at radius 2 is 1.77 bits per heavy atom. The zero-order valence-corrected chi connectivity index (χ0v) is 17.0. The van der Waals surface area contributed by atoms with Crippen LogP contribution in [0.2, 0.25) is 0 Å². The quantitative estimate of drug-likeness (QED) is 0.451. The predicted molar refractivity (Wildman–Crippen MR) is 110 cm³/mol. The second-order valence-corrected chi connectivity index (χ2v) is 7.76. The SMILES string of the molecule is CC(C)(C)c1ccc(CCN=C(N)N2CCSCC2)cc1.I. The topological polar surface area (TPSA) is 41.6 Å². The molecule has 22 heavy (non-hydrogen) atoms. The van der Waals surface area contributed by atoms with Crippen LogP contribution in [0.3, 0.4) is 0 Å². The van der Waals surface area contributed by atoms with Gasteiger partial charge in [-0.2, -0.15) is 11.8 Å². The Bertz CT molecular complexity index is 474. The second-order valence-electron chi connectivity index (χ2n) is 6.54. The van der Waals surface area contributed by atoms with Crippen LogP contribution in [0.15, 0.2) is 29.3 Å². The van der Waals surface area contributed by atoms with Gasteiger partial charge in [0.25, 0.3) is 0 Å². The Hall–Kier alpha value is -0.430. The van der Waals surface area contributed by atoms with Gasteiger partial charge in [0.1, 0.15) is 0 Å². The maximum atomic E-state index is 6.06. The molecule has 1 saturated heterocycles. The maximum Gasteiger partial charge on any atom is 0.191 e. The van der Waals surface area contributed by atoms with Crippen molar-refractivity contribution in [3.8, 4) is 0 Å². The molecular weight excluding hydrogens is 405 g/mol. The van der Waals surface area contributed by atoms with Crippen molar-refractivity contribution in [1.82, 2.24) is 4.90 Å². The van der Waals surface area contributed by atoms with Gasteiger partial charge in [-0.3, -0.25) is 4.99 Å². The highest BCUT2D eigenvalue weighted by atomic mass is 127. The molecule has 124 valence electrons. The molecule has 0 unspecified atom stereocenters. The van der Waals surface area contributed by atoms with E-state index >= 15 is 0 Å². The van der Waals surface area contributed by atoms with Gasteiger partial charge in [-0.1, -0.05) is 45.0 Å². The number of benzene rings is 1. The van der Waals surface area contributed by atoms with Crippen LogP contribution in [0.5, 0.6) is 0 Å². The van der Waals surface area contributed by atoms with E-state index in [9.17, 15) is 0 Å². The van der Waals surface area contributed by atoms with E-state index in [2.05, 4.69) is 54.9 Å². The molecule has 1 aliphatic rings. The van der Waals surface area contributed by atoms with Gasteiger partial charge in [-0.05, 0) is 23.0 Å². The normalized spacial score (nSPS) is 16.3. The van der Waals surface area contributed by atoms with Crippen molar-refractivity contribution < 1.29 is 0 Å². The minimum absolute atomic E-state index is 0. The van der Waals surface area contributed by atoms with E-state index < -0.39 is 0 Å². The van der Waals surface area contributed by atoms with Crippen LogP contribution in [-0.4, -0.2) is 42.0 Å². The monoisotopic (exact) mass is 433 g/mol. The minimum atomic E-state index is 0. The third-order valence-electron chi connectivity index (χ3n) is 3.83. The third kappa shape index (κ3) is 5.99. The van der Waals surface area contributed by atoms with Crippen LogP contribution in [-0.2, 0) is 11.8 Å². The lowest BCUT2D eigenvalue weighted by Crippen LogP contribution is -2.42. The molecular formula is C17H28IN3S. The average Bonchev–Trinajstić information content (AvgIpc) is 2.47. The van der Waals surface area contributed by atoms with E-state index in [4.69, 9.17) is 5.73 Å². The summed E-state index contributed by atoms with van der Waals surface area (Å²) in [5, 5.41) is 0. The molecule has 1 aliphatic heterocycles. The molecule has 0 aromatic heterocycles. The van der Waals surface area contributed by atoms with Crippen LogP contribution in [0.1, 0.15) is 31.9 Å². The second kappa shape index (κ2) is 9.01. The molecule has 0 amide bonds. The zero-order chi connectivity index (χ0) is 15.3. The van der Waals surface area contributed by atoms with Gasteiger partial charge in [0.05, 0.1) is 0 Å². The molecule has 0 spiro atoms. The summed E-state index contributed by atoms with van der Waals surface area (Å²) in [5.74, 6) is 3.02. The third-order valence-corrected chi connectivity index (χ3v) is 4.77. The van der Waals surface area contributed by atoms with Gasteiger partial charge in [0.2, 0.25) is 0 Å². The van der Waals surface area contributed by atoms with Crippen molar-refractivity contribution in [2.75, 3.05) is 31.1 Å². The van der Waals surface area contributed by atoms with Gasteiger partial charge in [-0.15, -0.1) is 24.0 Å². The Morgan fingerprint density at radius 1 is 1.18 bits per heavy atom. The molecule has 5 heteroatoms. The fourth-order valence-corrected chi connectivity index (χ4v) is 3.27. The summed E-state index contributed by atoms with van der Waals surface area (Å²) in [6, 6.07) is 8.88. The summed E-state index contributed by atoms with van der Waals surface area (Å²) in [5.41, 5.74) is 8.98. The van der Waals surface area contributed by atoms with Crippen molar-refractivity contribution in [3.05, 3.63) is 35.4 Å². The first-order valence-corrected chi connectivity index (χ1v) is 8.84. The van der Waals surface area contributed by atoms with E-state index in [-0.39, 0.29) is 29.4 Å². The van der Waals surface area contributed by atoms with E-state index in [1.807, 2.05) is 11.8 Å². The number of hydrogen-bond acceptors (Lipinski definition) is 2. The molecule has 2 rings (SSSR count). The predicted octanol–water partition coefficient (Wildman–Crippen LogP) is 3.51. The molecule has 0 radical (unpaired) electrons. The Kier molecular flexibility index (Phi) is 8.03. The lowest BCUT2D eigenvalue weighted by Gasteiger charge is -2.27. The van der Waals surface area contributed by atoms with Crippen LogP contribution >= 0.6 is 35.7 Å². The van der Waals surface area contributed by atoms with Crippen LogP contribution in [0, 0.1) is 0 Å². The first kappa shape index (κ1) is 19.6. The molecule has 2 N–H and O–H groups in total. The summed E-state index contributed by atoms with van der Waals surface area (Å²) in [6.45, 7) is 9.54. The van der Waals surface area contributed by atoms with Crippen LogP contribution < -0.4 is 5.73 Å². The molecule has 0 bridgehead atoms. The highest BCUT2D eigenvalue weighted by Gasteiger charge is 2.13. The van der Waals surface area contributed by atoms with Gasteiger partial charge in [-0.25, -0.2) is 0 Å².